The van der Waals surface area contributed by atoms with E-state index in [0.717, 1.165) is 25.9 Å². The number of aromatic nitrogens is 2. The van der Waals surface area contributed by atoms with Crippen LogP contribution >= 0.6 is 11.6 Å². The molecule has 0 amide bonds. The highest BCUT2D eigenvalue weighted by Gasteiger charge is 2.28. The van der Waals surface area contributed by atoms with Gasteiger partial charge in [0.15, 0.2) is 11.5 Å². The number of ether oxygens (including phenoxy) is 3. The maximum atomic E-state index is 14.2. The van der Waals surface area contributed by atoms with Crippen molar-refractivity contribution in [3.63, 3.8) is 0 Å². The first kappa shape index (κ1) is 24.7. The lowest BCUT2D eigenvalue weighted by Crippen LogP contribution is -2.37. The number of halogens is 2. The lowest BCUT2D eigenvalue weighted by molar-refractivity contribution is -0.148. The second kappa shape index (κ2) is 10.9. The summed E-state index contributed by atoms with van der Waals surface area (Å²) in [5.41, 5.74) is 0.866. The van der Waals surface area contributed by atoms with E-state index in [0.29, 0.717) is 12.2 Å². The number of hydrogen-bond donors (Lipinski definition) is 2. The van der Waals surface area contributed by atoms with Crippen molar-refractivity contribution in [2.45, 2.75) is 25.9 Å². The third-order valence-corrected chi connectivity index (χ3v) is 5.89. The largest absolute Gasteiger partial charge is 0.504 e. The number of phenolic OH excluding ortho intramolecular Hbond substituents is 1. The molecule has 1 fully saturated rings. The fourth-order valence-electron chi connectivity index (χ4n) is 4.14. The zero-order valence-corrected chi connectivity index (χ0v) is 20.1. The molecule has 2 heterocycles. The SMILES string of the molecule is COc1c(OCC(CN2CCCC2)OC(C)=O)c(Nc2ccccc2)c2nc(F)nc(Cl)c2c1O. The topological polar surface area (TPSA) is 106 Å². The maximum absolute atomic E-state index is 14.2. The van der Waals surface area contributed by atoms with Crippen LogP contribution in [0.15, 0.2) is 30.3 Å². The van der Waals surface area contributed by atoms with E-state index in [1.54, 1.807) is 12.1 Å². The van der Waals surface area contributed by atoms with Crippen LogP contribution in [0.5, 0.6) is 17.2 Å². The molecule has 0 spiro atoms. The summed E-state index contributed by atoms with van der Waals surface area (Å²) in [4.78, 5) is 21.3. The number of para-hydroxylation sites is 1. The zero-order chi connectivity index (χ0) is 24.9. The first-order chi connectivity index (χ1) is 16.9. The Balaban J connectivity index is 1.78. The standard InChI is InChI=1S/C24H26ClFN4O5/c1-14(31)35-16(12-30-10-6-7-11-30)13-34-21-19(27-15-8-4-3-5-9-15)18-17(20(32)22(21)33-2)23(25)29-24(26)28-18/h3-5,8-9,16,27,32H,6-7,10-13H2,1-2H3. The molecular formula is C24H26ClFN4O5. The van der Waals surface area contributed by atoms with Gasteiger partial charge in [0, 0.05) is 19.2 Å². The number of nitrogens with zero attached hydrogens (tertiary/aromatic N) is 3. The monoisotopic (exact) mass is 504 g/mol. The number of esters is 1. The third-order valence-electron chi connectivity index (χ3n) is 5.61. The molecule has 2 N–H and O–H groups in total. The van der Waals surface area contributed by atoms with Gasteiger partial charge in [-0.2, -0.15) is 14.4 Å². The number of aromatic hydroxyl groups is 1. The third kappa shape index (κ3) is 5.66. The molecule has 0 saturated carbocycles. The van der Waals surface area contributed by atoms with E-state index in [1.165, 1.54) is 14.0 Å². The molecule has 3 aromatic rings. The van der Waals surface area contributed by atoms with E-state index in [4.69, 9.17) is 25.8 Å². The molecule has 35 heavy (non-hydrogen) atoms. The summed E-state index contributed by atoms with van der Waals surface area (Å²) < 4.78 is 31.2. The molecule has 1 aromatic heterocycles. The van der Waals surface area contributed by atoms with Crippen LogP contribution in [-0.4, -0.2) is 65.4 Å². The molecular weight excluding hydrogens is 479 g/mol. The van der Waals surface area contributed by atoms with Crippen molar-refractivity contribution < 1.29 is 28.5 Å². The molecule has 1 aliphatic rings. The number of carbonyl (C=O) groups excluding carboxylic acids is 1. The summed E-state index contributed by atoms with van der Waals surface area (Å²) >= 11 is 6.17. The second-order valence-corrected chi connectivity index (χ2v) is 8.49. The number of methoxy groups -OCH3 is 1. The number of rotatable bonds is 9. The van der Waals surface area contributed by atoms with Gasteiger partial charge in [0.05, 0.1) is 12.5 Å². The summed E-state index contributed by atoms with van der Waals surface area (Å²) in [5.74, 6) is -0.815. The lowest BCUT2D eigenvalue weighted by Gasteiger charge is -2.25. The molecule has 4 rings (SSSR count). The first-order valence-electron chi connectivity index (χ1n) is 11.2. The van der Waals surface area contributed by atoms with Crippen molar-refractivity contribution in [1.29, 1.82) is 0 Å². The van der Waals surface area contributed by atoms with E-state index in [1.807, 2.05) is 18.2 Å². The van der Waals surface area contributed by atoms with E-state index in [9.17, 15) is 14.3 Å². The molecule has 0 radical (unpaired) electrons. The Kier molecular flexibility index (Phi) is 7.72. The molecule has 1 atom stereocenters. The van der Waals surface area contributed by atoms with Crippen molar-refractivity contribution in [3.05, 3.63) is 41.6 Å². The number of likely N-dealkylation sites (tertiary alicyclic amines) is 1. The van der Waals surface area contributed by atoms with Gasteiger partial charge < -0.3 is 24.6 Å². The summed E-state index contributed by atoms with van der Waals surface area (Å²) in [6.45, 7) is 3.61. The Morgan fingerprint density at radius 2 is 1.94 bits per heavy atom. The molecule has 1 unspecified atom stereocenters. The van der Waals surface area contributed by atoms with E-state index in [-0.39, 0.29) is 39.8 Å². The first-order valence-corrected chi connectivity index (χ1v) is 11.5. The van der Waals surface area contributed by atoms with Crippen LogP contribution < -0.4 is 14.8 Å². The number of fused-ring (bicyclic) bond motifs is 1. The predicted molar refractivity (Wildman–Crippen MR) is 129 cm³/mol. The molecule has 11 heteroatoms. The molecule has 1 saturated heterocycles. The average molecular weight is 505 g/mol. The van der Waals surface area contributed by atoms with E-state index in [2.05, 4.69) is 20.2 Å². The summed E-state index contributed by atoms with van der Waals surface area (Å²) in [6.07, 6.45) is 0.512. The van der Waals surface area contributed by atoms with Gasteiger partial charge in [0.1, 0.15) is 29.1 Å². The predicted octanol–water partition coefficient (Wildman–Crippen LogP) is 4.29. The number of benzene rings is 2. The van der Waals surface area contributed by atoms with Gasteiger partial charge in [-0.25, -0.2) is 0 Å². The lowest BCUT2D eigenvalue weighted by atomic mass is 10.1. The maximum Gasteiger partial charge on any atom is 0.310 e. The number of anilines is 2. The Labute approximate surface area is 206 Å². The molecule has 0 aliphatic carbocycles. The van der Waals surface area contributed by atoms with Crippen LogP contribution in [-0.2, 0) is 9.53 Å². The zero-order valence-electron chi connectivity index (χ0n) is 19.4. The molecule has 2 aromatic carbocycles. The fraction of sp³-hybridized carbons (Fsp3) is 0.375. The number of carbonyl (C=O) groups is 1. The van der Waals surface area contributed by atoms with Gasteiger partial charge in [-0.05, 0) is 38.1 Å². The van der Waals surface area contributed by atoms with Gasteiger partial charge in [-0.1, -0.05) is 29.8 Å². The smallest absolute Gasteiger partial charge is 0.310 e. The van der Waals surface area contributed by atoms with E-state index >= 15 is 0 Å². The van der Waals surface area contributed by atoms with E-state index < -0.39 is 23.9 Å². The van der Waals surface area contributed by atoms with Gasteiger partial charge >= 0.3 is 12.0 Å². The second-order valence-electron chi connectivity index (χ2n) is 8.13. The van der Waals surface area contributed by atoms with Crippen molar-refractivity contribution in [2.24, 2.45) is 0 Å². The van der Waals surface area contributed by atoms with Crippen LogP contribution in [0.1, 0.15) is 19.8 Å². The van der Waals surface area contributed by atoms with Gasteiger partial charge in [-0.15, -0.1) is 0 Å². The molecule has 1 aliphatic heterocycles. The Hall–Kier alpha value is -3.37. The molecule has 9 nitrogen and oxygen atoms in total. The highest BCUT2D eigenvalue weighted by Crippen LogP contribution is 2.51. The minimum absolute atomic E-state index is 0.00299. The minimum Gasteiger partial charge on any atom is -0.504 e. The Bertz CT molecular complexity index is 1210. The summed E-state index contributed by atoms with van der Waals surface area (Å²) in [7, 11) is 1.35. The van der Waals surface area contributed by atoms with Crippen molar-refractivity contribution >= 4 is 39.8 Å². The highest BCUT2D eigenvalue weighted by molar-refractivity contribution is 6.35. The van der Waals surface area contributed by atoms with Gasteiger partial charge in [0.2, 0.25) is 5.75 Å². The minimum atomic E-state index is -1.07. The van der Waals surface area contributed by atoms with Crippen molar-refractivity contribution in [3.8, 4) is 17.2 Å². The summed E-state index contributed by atoms with van der Waals surface area (Å²) in [6, 6.07) is 9.07. The van der Waals surface area contributed by atoms with Crippen LogP contribution in [0, 0.1) is 6.08 Å². The Morgan fingerprint density at radius 3 is 2.60 bits per heavy atom. The Morgan fingerprint density at radius 1 is 1.23 bits per heavy atom. The van der Waals surface area contributed by atoms with Gasteiger partial charge in [0.25, 0.3) is 0 Å². The number of nitrogens with one attached hydrogen (secondary N) is 1. The van der Waals surface area contributed by atoms with Crippen LogP contribution in [0.2, 0.25) is 5.15 Å². The molecule has 186 valence electrons. The highest BCUT2D eigenvalue weighted by atomic mass is 35.5. The van der Waals surface area contributed by atoms with Crippen LogP contribution in [0.4, 0.5) is 15.8 Å². The fourth-order valence-corrected chi connectivity index (χ4v) is 4.39. The number of hydrogen-bond acceptors (Lipinski definition) is 9. The van der Waals surface area contributed by atoms with Crippen LogP contribution in [0.3, 0.4) is 0 Å². The quantitative estimate of drug-likeness (QED) is 0.191. The van der Waals surface area contributed by atoms with Gasteiger partial charge in [-0.3, -0.25) is 9.69 Å². The molecule has 0 bridgehead atoms. The summed E-state index contributed by atoms with van der Waals surface area (Å²) in [5, 5.41) is 13.8. The van der Waals surface area contributed by atoms with Crippen LogP contribution in [0.25, 0.3) is 10.9 Å². The van der Waals surface area contributed by atoms with Crippen molar-refractivity contribution in [1.82, 2.24) is 14.9 Å². The van der Waals surface area contributed by atoms with Crippen molar-refractivity contribution in [2.75, 3.05) is 38.7 Å². The number of phenols is 1. The average Bonchev–Trinajstić information content (AvgIpc) is 3.32. The normalized spacial score (nSPS) is 14.6.